The van der Waals surface area contributed by atoms with Gasteiger partial charge in [-0.2, -0.15) is 0 Å². The first-order valence-corrected chi connectivity index (χ1v) is 11.0. The third-order valence-corrected chi connectivity index (χ3v) is 7.33. The Morgan fingerprint density at radius 1 is 0.484 bits per heavy atom. The predicted molar refractivity (Wildman–Crippen MR) is 136 cm³/mol. The van der Waals surface area contributed by atoms with E-state index in [1.54, 1.807) is 0 Å². The fraction of sp³-hybridized carbons (Fsp3) is 0.0333. The van der Waals surface area contributed by atoms with Crippen LogP contribution >= 0.6 is 0 Å². The zero-order valence-electron chi connectivity index (χ0n) is 16.9. The molecule has 0 N–H and O–H groups in total. The summed E-state index contributed by atoms with van der Waals surface area (Å²) in [5, 5.41) is 16.8. The molecule has 1 heteroatoms. The molecule has 0 aliphatic heterocycles. The molecule has 0 unspecified atom stereocenters. The number of rotatable bonds is 2. The van der Waals surface area contributed by atoms with E-state index in [1.165, 1.54) is 75.7 Å². The van der Waals surface area contributed by atoms with Gasteiger partial charge >= 0.3 is 180 Å². The van der Waals surface area contributed by atoms with Crippen molar-refractivity contribution in [2.45, 2.75) is 6.42 Å². The van der Waals surface area contributed by atoms with E-state index in [0.29, 0.717) is 0 Å². The maximum atomic E-state index is 2.43. The molecule has 0 bridgehead atoms. The second-order valence-electron chi connectivity index (χ2n) is 8.94. The van der Waals surface area contributed by atoms with Crippen molar-refractivity contribution in [1.29, 1.82) is 0 Å². The quantitative estimate of drug-likeness (QED) is 0.209. The van der Waals surface area contributed by atoms with Crippen molar-refractivity contribution < 1.29 is 0 Å². The SMILES string of the molecule is b1ccccc1Cc1cc2ccc3ccc4ccc5ccc6ccc1c1c6c5c4c3c21. The molecule has 1 aromatic heterocycles. The zero-order valence-corrected chi connectivity index (χ0v) is 16.9. The van der Waals surface area contributed by atoms with Crippen LogP contribution in [0.15, 0.2) is 90.9 Å². The summed E-state index contributed by atoms with van der Waals surface area (Å²) in [4.78, 5) is 0. The molecule has 8 aromatic rings. The van der Waals surface area contributed by atoms with E-state index in [1.807, 2.05) is 0 Å². The molecular formula is C30H17B. The first-order chi connectivity index (χ1) is 15.4. The second-order valence-corrected chi connectivity index (χ2v) is 8.94. The standard InChI is InChI=1S/C30H17B/c1-2-14-31-23(3-1)16-22-15-21-11-10-19-7-5-17-4-6-18-8-9-20-12-13-24(22)30-28(20)26(18)25(17)27(19)29(21)30/h1-15H,16H2. The van der Waals surface area contributed by atoms with Crippen molar-refractivity contribution in [1.82, 2.24) is 0 Å². The van der Waals surface area contributed by atoms with Crippen LogP contribution in [0.25, 0.3) is 64.6 Å². The molecule has 140 valence electrons. The molecule has 0 radical (unpaired) electrons. The van der Waals surface area contributed by atoms with E-state index in [9.17, 15) is 0 Å². The van der Waals surface area contributed by atoms with Gasteiger partial charge in [-0.15, -0.1) is 0 Å². The van der Waals surface area contributed by atoms with Gasteiger partial charge < -0.3 is 0 Å². The van der Waals surface area contributed by atoms with E-state index in [2.05, 4.69) is 97.8 Å². The average Bonchev–Trinajstić information content (AvgIpc) is 2.83. The van der Waals surface area contributed by atoms with Gasteiger partial charge in [0.15, 0.2) is 0 Å². The Balaban J connectivity index is 1.68. The minimum atomic E-state index is 0.957. The first-order valence-electron chi connectivity index (χ1n) is 11.0. The van der Waals surface area contributed by atoms with Crippen molar-refractivity contribution in [2.75, 3.05) is 0 Å². The Kier molecular flexibility index (Phi) is 2.85. The molecule has 7 aromatic carbocycles. The number of benzene rings is 7. The van der Waals surface area contributed by atoms with Crippen molar-refractivity contribution in [2.24, 2.45) is 0 Å². The molecule has 0 nitrogen and oxygen atoms in total. The predicted octanol–water partition coefficient (Wildman–Crippen LogP) is 7.85. The summed E-state index contributed by atoms with van der Waals surface area (Å²) in [6.07, 6.45) is 0.957. The van der Waals surface area contributed by atoms with Crippen LogP contribution in [-0.4, -0.2) is 6.91 Å². The van der Waals surface area contributed by atoms with Crippen LogP contribution < -0.4 is 0 Å². The van der Waals surface area contributed by atoms with Gasteiger partial charge in [-0.25, -0.2) is 0 Å². The summed E-state index contributed by atoms with van der Waals surface area (Å²) in [6, 6.07) is 32.0. The molecule has 0 aliphatic rings. The Hall–Kier alpha value is -3.71. The summed E-state index contributed by atoms with van der Waals surface area (Å²) < 4.78 is 0. The molecule has 0 fully saturated rings. The fourth-order valence-corrected chi connectivity index (χ4v) is 6.02. The molecule has 0 saturated heterocycles. The Morgan fingerprint density at radius 2 is 1.00 bits per heavy atom. The third-order valence-electron chi connectivity index (χ3n) is 7.33. The van der Waals surface area contributed by atoms with Crippen LogP contribution in [0.1, 0.15) is 11.0 Å². The van der Waals surface area contributed by atoms with Gasteiger partial charge in [0.25, 0.3) is 0 Å². The average molecular weight is 388 g/mol. The van der Waals surface area contributed by atoms with E-state index in [4.69, 9.17) is 0 Å². The van der Waals surface area contributed by atoms with E-state index >= 15 is 0 Å². The monoisotopic (exact) mass is 388 g/mol. The van der Waals surface area contributed by atoms with Gasteiger partial charge in [-0.05, 0) is 0 Å². The fourth-order valence-electron chi connectivity index (χ4n) is 6.02. The Bertz CT molecular complexity index is 1840. The van der Waals surface area contributed by atoms with Crippen LogP contribution in [-0.2, 0) is 6.42 Å². The molecule has 0 amide bonds. The number of hydrogen-bond acceptors (Lipinski definition) is 0. The Labute approximate surface area is 179 Å². The van der Waals surface area contributed by atoms with Crippen LogP contribution in [0.4, 0.5) is 0 Å². The minimum absolute atomic E-state index is 0.957. The van der Waals surface area contributed by atoms with Gasteiger partial charge in [0.2, 0.25) is 0 Å². The Morgan fingerprint density at radius 3 is 1.58 bits per heavy atom. The summed E-state index contributed by atoms with van der Waals surface area (Å²) in [6.45, 7) is 2.24. The molecule has 0 spiro atoms. The van der Waals surface area contributed by atoms with Crippen molar-refractivity contribution in [3.8, 4) is 0 Å². The first kappa shape index (κ1) is 16.0. The molecule has 0 atom stereocenters. The molecular weight excluding hydrogens is 371 g/mol. The van der Waals surface area contributed by atoms with Crippen LogP contribution in [0, 0.1) is 0 Å². The van der Waals surface area contributed by atoms with Crippen molar-refractivity contribution in [3.05, 3.63) is 102 Å². The van der Waals surface area contributed by atoms with Crippen LogP contribution in [0.3, 0.4) is 0 Å². The van der Waals surface area contributed by atoms with E-state index in [-0.39, 0.29) is 0 Å². The van der Waals surface area contributed by atoms with Crippen molar-refractivity contribution in [3.63, 3.8) is 0 Å². The van der Waals surface area contributed by atoms with Gasteiger partial charge in [-0.3, -0.25) is 0 Å². The van der Waals surface area contributed by atoms with Gasteiger partial charge in [0.1, 0.15) is 0 Å². The van der Waals surface area contributed by atoms with Gasteiger partial charge in [-0.1, -0.05) is 0 Å². The molecule has 0 saturated carbocycles. The molecule has 1 heterocycles. The third kappa shape index (κ3) is 1.95. The van der Waals surface area contributed by atoms with Gasteiger partial charge in [0.05, 0.1) is 0 Å². The maximum absolute atomic E-state index is 2.43. The topological polar surface area (TPSA) is 0 Å². The molecule has 8 rings (SSSR count). The van der Waals surface area contributed by atoms with E-state index < -0.39 is 0 Å². The summed E-state index contributed by atoms with van der Waals surface area (Å²) in [7, 11) is 0. The zero-order chi connectivity index (χ0) is 20.1. The van der Waals surface area contributed by atoms with E-state index in [0.717, 1.165) is 6.42 Å². The number of hydrogen-bond donors (Lipinski definition) is 0. The van der Waals surface area contributed by atoms with Gasteiger partial charge in [0, 0.05) is 0 Å². The second kappa shape index (κ2) is 5.50. The molecule has 31 heavy (non-hydrogen) atoms. The molecule has 0 aliphatic carbocycles. The summed E-state index contributed by atoms with van der Waals surface area (Å²) >= 11 is 0. The van der Waals surface area contributed by atoms with Crippen LogP contribution in [0.2, 0.25) is 0 Å². The van der Waals surface area contributed by atoms with Crippen molar-refractivity contribution >= 4 is 71.5 Å². The summed E-state index contributed by atoms with van der Waals surface area (Å²) in [5.74, 6) is 2.14. The normalized spacial score (nSPS) is 12.5. The summed E-state index contributed by atoms with van der Waals surface area (Å²) in [5.41, 5.74) is 2.78. The van der Waals surface area contributed by atoms with Crippen LogP contribution in [0.5, 0.6) is 0 Å².